The van der Waals surface area contributed by atoms with Gasteiger partial charge >= 0.3 is 5.97 Å². The molecule has 1 unspecified atom stereocenters. The number of nitrogens with two attached hydrogens (primary N) is 1. The van der Waals surface area contributed by atoms with Crippen LogP contribution in [0.1, 0.15) is 11.6 Å². The molecule has 0 aliphatic heterocycles. The van der Waals surface area contributed by atoms with Gasteiger partial charge in [-0.1, -0.05) is 18.2 Å². The molecule has 1 heterocycles. The predicted molar refractivity (Wildman–Crippen MR) is 97.8 cm³/mol. The van der Waals surface area contributed by atoms with Crippen LogP contribution >= 0.6 is 0 Å². The van der Waals surface area contributed by atoms with Crippen molar-refractivity contribution in [1.29, 1.82) is 0 Å². The summed E-state index contributed by atoms with van der Waals surface area (Å²) in [6.45, 7) is 0. The summed E-state index contributed by atoms with van der Waals surface area (Å²) in [5, 5.41) is 18.7. The second-order valence-corrected chi connectivity index (χ2v) is 7.47. The molecule has 1 aromatic heterocycles. The van der Waals surface area contributed by atoms with Crippen molar-refractivity contribution >= 4 is 16.0 Å². The highest BCUT2D eigenvalue weighted by Gasteiger charge is 2.24. The molecule has 0 amide bonds. The summed E-state index contributed by atoms with van der Waals surface area (Å²) in [6, 6.07) is 8.30. The Kier molecular flexibility index (Phi) is 5.16. The highest BCUT2D eigenvalue weighted by Crippen LogP contribution is 2.27. The molecule has 0 aliphatic rings. The van der Waals surface area contributed by atoms with E-state index < -0.39 is 27.9 Å². The molecule has 28 heavy (non-hydrogen) atoms. The lowest BCUT2D eigenvalue weighted by molar-refractivity contribution is -0.139. The van der Waals surface area contributed by atoms with E-state index in [0.717, 1.165) is 0 Å². The highest BCUT2D eigenvalue weighted by atomic mass is 32.2. The fourth-order valence-corrected chi connectivity index (χ4v) is 3.24. The number of primary sulfonamides is 1. The van der Waals surface area contributed by atoms with Gasteiger partial charge in [-0.3, -0.25) is 4.68 Å². The van der Waals surface area contributed by atoms with Crippen LogP contribution in [0, 0.1) is 5.82 Å². The van der Waals surface area contributed by atoms with Gasteiger partial charge in [0.05, 0.1) is 18.2 Å². The standard InChI is InChI=1S/C18H16FN3O5S/c1-27-16-7-4-12(8-15(16)19)13-9-21-22(10-13)17(18(23)24)11-2-5-14(6-3-11)28(20,25)26/h2-10,17H,1H3,(H,23,24)(H2,20,25,26). The first-order valence-corrected chi connectivity index (χ1v) is 9.49. The number of rotatable bonds is 6. The molecule has 10 heteroatoms. The molecule has 2 aromatic carbocycles. The van der Waals surface area contributed by atoms with Crippen LogP contribution in [0.3, 0.4) is 0 Å². The Bertz CT molecular complexity index is 1130. The van der Waals surface area contributed by atoms with Crippen LogP contribution in [0.25, 0.3) is 11.1 Å². The molecule has 0 saturated carbocycles. The van der Waals surface area contributed by atoms with Gasteiger partial charge in [0.1, 0.15) is 0 Å². The van der Waals surface area contributed by atoms with Gasteiger partial charge in [-0.15, -0.1) is 0 Å². The number of carboxylic acids is 1. The van der Waals surface area contributed by atoms with Crippen molar-refractivity contribution in [2.45, 2.75) is 10.9 Å². The van der Waals surface area contributed by atoms with Crippen molar-refractivity contribution in [1.82, 2.24) is 9.78 Å². The Labute approximate surface area is 160 Å². The van der Waals surface area contributed by atoms with E-state index in [1.165, 1.54) is 60.6 Å². The maximum Gasteiger partial charge on any atom is 0.333 e. The lowest BCUT2D eigenvalue weighted by atomic mass is 10.1. The molecule has 3 N–H and O–H groups in total. The van der Waals surface area contributed by atoms with Crippen LogP contribution < -0.4 is 9.88 Å². The van der Waals surface area contributed by atoms with Gasteiger partial charge in [-0.2, -0.15) is 5.10 Å². The SMILES string of the molecule is COc1ccc(-c2cnn(C(C(=O)O)c3ccc(S(N)(=O)=O)cc3)c2)cc1F. The van der Waals surface area contributed by atoms with Crippen molar-refractivity contribution < 1.29 is 27.4 Å². The van der Waals surface area contributed by atoms with Crippen molar-refractivity contribution in [3.8, 4) is 16.9 Å². The first-order chi connectivity index (χ1) is 13.2. The molecule has 8 nitrogen and oxygen atoms in total. The Morgan fingerprint density at radius 3 is 2.43 bits per heavy atom. The zero-order valence-corrected chi connectivity index (χ0v) is 15.4. The first kappa shape index (κ1) is 19.5. The van der Waals surface area contributed by atoms with E-state index in [0.29, 0.717) is 16.7 Å². The second kappa shape index (κ2) is 7.41. The normalized spacial score (nSPS) is 12.5. The lowest BCUT2D eigenvalue weighted by Gasteiger charge is -2.13. The molecule has 0 aliphatic carbocycles. The summed E-state index contributed by atoms with van der Waals surface area (Å²) in [7, 11) is -2.53. The zero-order chi connectivity index (χ0) is 20.5. The quantitative estimate of drug-likeness (QED) is 0.646. The number of benzene rings is 2. The van der Waals surface area contributed by atoms with Gasteiger partial charge in [0.25, 0.3) is 0 Å². The summed E-state index contributed by atoms with van der Waals surface area (Å²) in [6.07, 6.45) is 2.88. The molecular weight excluding hydrogens is 389 g/mol. The second-order valence-electron chi connectivity index (χ2n) is 5.91. The van der Waals surface area contributed by atoms with E-state index in [1.54, 1.807) is 6.07 Å². The van der Waals surface area contributed by atoms with Crippen molar-refractivity contribution in [3.05, 3.63) is 66.2 Å². The average molecular weight is 405 g/mol. The number of carboxylic acid groups (broad SMARTS) is 1. The van der Waals surface area contributed by atoms with Gasteiger partial charge < -0.3 is 9.84 Å². The van der Waals surface area contributed by atoms with Gasteiger partial charge in [0, 0.05) is 11.8 Å². The largest absolute Gasteiger partial charge is 0.494 e. The molecule has 0 bridgehead atoms. The van der Waals surface area contributed by atoms with E-state index in [1.807, 2.05) is 0 Å². The monoisotopic (exact) mass is 405 g/mol. The molecule has 3 rings (SSSR count). The Hall–Kier alpha value is -3.24. The minimum atomic E-state index is -3.89. The van der Waals surface area contributed by atoms with E-state index >= 15 is 0 Å². The Morgan fingerprint density at radius 1 is 1.21 bits per heavy atom. The lowest BCUT2D eigenvalue weighted by Crippen LogP contribution is -2.21. The number of ether oxygens (including phenoxy) is 1. The number of methoxy groups -OCH3 is 1. The van der Waals surface area contributed by atoms with E-state index in [-0.39, 0.29) is 10.6 Å². The van der Waals surface area contributed by atoms with Crippen molar-refractivity contribution in [3.63, 3.8) is 0 Å². The fourth-order valence-electron chi connectivity index (χ4n) is 2.72. The minimum Gasteiger partial charge on any atom is -0.494 e. The van der Waals surface area contributed by atoms with Crippen molar-refractivity contribution in [2.24, 2.45) is 5.14 Å². The van der Waals surface area contributed by atoms with Crippen molar-refractivity contribution in [2.75, 3.05) is 7.11 Å². The fraction of sp³-hybridized carbons (Fsp3) is 0.111. The summed E-state index contributed by atoms with van der Waals surface area (Å²) < 4.78 is 42.7. The number of aromatic nitrogens is 2. The molecule has 0 saturated heterocycles. The number of sulfonamides is 1. The number of carbonyl (C=O) groups is 1. The molecule has 0 radical (unpaired) electrons. The molecule has 3 aromatic rings. The van der Waals surface area contributed by atoms with Crippen LogP contribution in [0.15, 0.2) is 59.8 Å². The molecule has 0 fully saturated rings. The molecule has 146 valence electrons. The van der Waals surface area contributed by atoms with Crippen LogP contribution in [-0.4, -0.2) is 36.4 Å². The van der Waals surface area contributed by atoms with E-state index in [4.69, 9.17) is 9.88 Å². The van der Waals surface area contributed by atoms with Crippen LogP contribution in [0.2, 0.25) is 0 Å². The zero-order valence-electron chi connectivity index (χ0n) is 14.6. The Morgan fingerprint density at radius 2 is 1.89 bits per heavy atom. The van der Waals surface area contributed by atoms with Crippen LogP contribution in [-0.2, 0) is 14.8 Å². The molecule has 0 spiro atoms. The predicted octanol–water partition coefficient (Wildman–Crippen LogP) is 2.02. The number of hydrogen-bond acceptors (Lipinski definition) is 5. The molecule has 1 atom stereocenters. The smallest absolute Gasteiger partial charge is 0.333 e. The summed E-state index contributed by atoms with van der Waals surface area (Å²) in [5.74, 6) is -1.66. The maximum absolute atomic E-state index is 13.9. The minimum absolute atomic E-state index is 0.0921. The topological polar surface area (TPSA) is 125 Å². The summed E-state index contributed by atoms with van der Waals surface area (Å²) in [4.78, 5) is 11.7. The number of aliphatic carboxylic acids is 1. The maximum atomic E-state index is 13.9. The van der Waals surface area contributed by atoms with Crippen LogP contribution in [0.4, 0.5) is 4.39 Å². The Balaban J connectivity index is 1.96. The highest BCUT2D eigenvalue weighted by molar-refractivity contribution is 7.89. The summed E-state index contributed by atoms with van der Waals surface area (Å²) in [5.41, 5.74) is 1.31. The number of nitrogens with zero attached hydrogens (tertiary/aromatic N) is 2. The average Bonchev–Trinajstić information content (AvgIpc) is 3.10. The number of halogens is 1. The molecular formula is C18H16FN3O5S. The van der Waals surface area contributed by atoms with Crippen LogP contribution in [0.5, 0.6) is 5.75 Å². The third kappa shape index (κ3) is 3.87. The van der Waals surface area contributed by atoms with Gasteiger partial charge in [0.2, 0.25) is 10.0 Å². The van der Waals surface area contributed by atoms with E-state index in [2.05, 4.69) is 5.10 Å². The van der Waals surface area contributed by atoms with Gasteiger partial charge in [-0.05, 0) is 35.4 Å². The third-order valence-electron chi connectivity index (χ3n) is 4.11. The number of hydrogen-bond donors (Lipinski definition) is 2. The first-order valence-electron chi connectivity index (χ1n) is 7.94. The van der Waals surface area contributed by atoms with Gasteiger partial charge in [0.15, 0.2) is 17.6 Å². The third-order valence-corrected chi connectivity index (χ3v) is 5.04. The summed E-state index contributed by atoms with van der Waals surface area (Å²) >= 11 is 0. The van der Waals surface area contributed by atoms with Gasteiger partial charge in [-0.25, -0.2) is 22.7 Å². The van der Waals surface area contributed by atoms with E-state index in [9.17, 15) is 22.7 Å².